The molecule has 130 valence electrons. The molecular weight excluding hydrogens is 320 g/mol. The molecule has 2 aromatic rings. The van der Waals surface area contributed by atoms with Gasteiger partial charge in [-0.1, -0.05) is 0 Å². The largest absolute Gasteiger partial charge is 0.454 e. The number of nitrogens with one attached hydrogen (secondary N) is 1. The van der Waals surface area contributed by atoms with E-state index >= 15 is 0 Å². The molecular formula is C18H20N4O3. The van der Waals surface area contributed by atoms with Crippen molar-refractivity contribution in [2.75, 3.05) is 37.9 Å². The third kappa shape index (κ3) is 2.69. The zero-order chi connectivity index (χ0) is 16.8. The molecule has 5 rings (SSSR count). The average Bonchev–Trinajstić information content (AvgIpc) is 3.20. The Kier molecular flexibility index (Phi) is 3.33. The molecule has 1 N–H and O–H groups in total. The number of aromatic amines is 1. The summed E-state index contributed by atoms with van der Waals surface area (Å²) in [6.07, 6.45) is 2.53. The van der Waals surface area contributed by atoms with E-state index in [-0.39, 0.29) is 12.7 Å². The topological polar surface area (TPSA) is 70.7 Å². The van der Waals surface area contributed by atoms with Gasteiger partial charge in [0.2, 0.25) is 6.79 Å². The van der Waals surface area contributed by atoms with Crippen molar-refractivity contribution in [2.45, 2.75) is 18.8 Å². The quantitative estimate of drug-likeness (QED) is 0.925. The lowest BCUT2D eigenvalue weighted by molar-refractivity contribution is 0.0746. The Morgan fingerprint density at radius 2 is 1.88 bits per heavy atom. The van der Waals surface area contributed by atoms with Crippen LogP contribution in [0.3, 0.4) is 0 Å². The Morgan fingerprint density at radius 1 is 1.08 bits per heavy atom. The lowest BCUT2D eigenvalue weighted by Crippen LogP contribution is -2.48. The van der Waals surface area contributed by atoms with Crippen molar-refractivity contribution in [1.29, 1.82) is 0 Å². The number of carbonyl (C=O) groups is 1. The van der Waals surface area contributed by atoms with E-state index in [2.05, 4.69) is 21.2 Å². The number of carbonyl (C=O) groups excluding carboxylic acids is 1. The molecule has 0 spiro atoms. The standard InChI is InChI=1S/C18H20N4O3/c23-18(13-3-4-15-16(9-13)25-11-24-15)22-7-5-21(6-8-22)17-10-14(19-20-17)12-1-2-12/h3-4,9-10,12H,1-2,5-8,11H2,(H,19,20). The fourth-order valence-electron chi connectivity index (χ4n) is 3.44. The molecule has 0 bridgehead atoms. The maximum atomic E-state index is 12.7. The summed E-state index contributed by atoms with van der Waals surface area (Å²) in [6.45, 7) is 3.20. The van der Waals surface area contributed by atoms with Gasteiger partial charge in [0.05, 0.1) is 0 Å². The second-order valence-corrected chi connectivity index (χ2v) is 6.80. The number of aromatic nitrogens is 2. The van der Waals surface area contributed by atoms with E-state index in [1.165, 1.54) is 18.5 Å². The zero-order valence-electron chi connectivity index (χ0n) is 13.9. The first-order chi connectivity index (χ1) is 12.3. The molecule has 3 heterocycles. The van der Waals surface area contributed by atoms with Crippen LogP contribution in [0.5, 0.6) is 11.5 Å². The van der Waals surface area contributed by atoms with Gasteiger partial charge in [-0.05, 0) is 31.0 Å². The molecule has 0 atom stereocenters. The monoisotopic (exact) mass is 340 g/mol. The fourth-order valence-corrected chi connectivity index (χ4v) is 3.44. The number of rotatable bonds is 3. The van der Waals surface area contributed by atoms with Crippen LogP contribution in [0, 0.1) is 0 Å². The van der Waals surface area contributed by atoms with Gasteiger partial charge in [0.15, 0.2) is 17.3 Å². The molecule has 3 aliphatic rings. The minimum absolute atomic E-state index is 0.0404. The van der Waals surface area contributed by atoms with Gasteiger partial charge in [0, 0.05) is 49.4 Å². The summed E-state index contributed by atoms with van der Waals surface area (Å²) in [5, 5.41) is 7.59. The lowest BCUT2D eigenvalue weighted by atomic mass is 10.1. The summed E-state index contributed by atoms with van der Waals surface area (Å²) in [5.74, 6) is 3.06. The van der Waals surface area contributed by atoms with E-state index in [0.717, 1.165) is 18.9 Å². The van der Waals surface area contributed by atoms with Gasteiger partial charge in [-0.15, -0.1) is 0 Å². The number of H-pyrrole nitrogens is 1. The van der Waals surface area contributed by atoms with Crippen LogP contribution < -0.4 is 14.4 Å². The highest BCUT2D eigenvalue weighted by molar-refractivity contribution is 5.95. The summed E-state index contributed by atoms with van der Waals surface area (Å²) in [7, 11) is 0. The smallest absolute Gasteiger partial charge is 0.254 e. The van der Waals surface area contributed by atoms with Crippen LogP contribution in [0.25, 0.3) is 0 Å². The van der Waals surface area contributed by atoms with Crippen molar-refractivity contribution >= 4 is 11.7 Å². The van der Waals surface area contributed by atoms with Gasteiger partial charge in [0.25, 0.3) is 5.91 Å². The number of fused-ring (bicyclic) bond motifs is 1. The first-order valence-corrected chi connectivity index (χ1v) is 8.77. The van der Waals surface area contributed by atoms with E-state index in [4.69, 9.17) is 9.47 Å². The lowest BCUT2D eigenvalue weighted by Gasteiger charge is -2.34. The highest BCUT2D eigenvalue weighted by atomic mass is 16.7. The van der Waals surface area contributed by atoms with Crippen LogP contribution in [0.15, 0.2) is 24.3 Å². The molecule has 2 fully saturated rings. The van der Waals surface area contributed by atoms with E-state index in [1.54, 1.807) is 18.2 Å². The molecule has 1 aromatic carbocycles. The molecule has 25 heavy (non-hydrogen) atoms. The summed E-state index contributed by atoms with van der Waals surface area (Å²) >= 11 is 0. The van der Waals surface area contributed by atoms with E-state index in [9.17, 15) is 4.79 Å². The van der Waals surface area contributed by atoms with Crippen LogP contribution in [-0.4, -0.2) is 54.0 Å². The summed E-state index contributed by atoms with van der Waals surface area (Å²) in [5.41, 5.74) is 1.89. The number of benzene rings is 1. The second-order valence-electron chi connectivity index (χ2n) is 6.80. The van der Waals surface area contributed by atoms with Crippen LogP contribution in [0.1, 0.15) is 34.8 Å². The third-order valence-corrected chi connectivity index (χ3v) is 5.11. The van der Waals surface area contributed by atoms with Crippen molar-refractivity contribution in [3.8, 4) is 11.5 Å². The predicted molar refractivity (Wildman–Crippen MR) is 91.2 cm³/mol. The molecule has 0 radical (unpaired) electrons. The van der Waals surface area contributed by atoms with E-state index in [0.29, 0.717) is 36.1 Å². The van der Waals surface area contributed by atoms with Crippen molar-refractivity contribution in [2.24, 2.45) is 0 Å². The van der Waals surface area contributed by atoms with E-state index in [1.807, 2.05) is 4.90 Å². The maximum absolute atomic E-state index is 12.7. The zero-order valence-corrected chi connectivity index (χ0v) is 13.9. The number of ether oxygens (including phenoxy) is 2. The second kappa shape index (κ2) is 5.68. The maximum Gasteiger partial charge on any atom is 0.254 e. The Labute approximate surface area is 145 Å². The first kappa shape index (κ1) is 14.6. The average molecular weight is 340 g/mol. The predicted octanol–water partition coefficient (Wildman–Crippen LogP) is 1.98. The van der Waals surface area contributed by atoms with Crippen LogP contribution in [0.2, 0.25) is 0 Å². The number of anilines is 1. The molecule has 2 aliphatic heterocycles. The van der Waals surface area contributed by atoms with Crippen LogP contribution in [0.4, 0.5) is 5.82 Å². The Balaban J connectivity index is 1.24. The third-order valence-electron chi connectivity index (χ3n) is 5.11. The highest BCUT2D eigenvalue weighted by Crippen LogP contribution is 2.40. The number of hydrogen-bond acceptors (Lipinski definition) is 5. The van der Waals surface area contributed by atoms with Gasteiger partial charge < -0.3 is 19.3 Å². The van der Waals surface area contributed by atoms with E-state index < -0.39 is 0 Å². The minimum Gasteiger partial charge on any atom is -0.454 e. The van der Waals surface area contributed by atoms with Crippen molar-refractivity contribution in [1.82, 2.24) is 15.1 Å². The number of hydrogen-bond donors (Lipinski definition) is 1. The van der Waals surface area contributed by atoms with Gasteiger partial charge >= 0.3 is 0 Å². The molecule has 1 aliphatic carbocycles. The molecule has 7 heteroatoms. The van der Waals surface area contributed by atoms with Gasteiger partial charge in [-0.2, -0.15) is 5.10 Å². The minimum atomic E-state index is 0.0404. The van der Waals surface area contributed by atoms with Crippen molar-refractivity contribution in [3.63, 3.8) is 0 Å². The Bertz CT molecular complexity index is 806. The van der Waals surface area contributed by atoms with Crippen molar-refractivity contribution in [3.05, 3.63) is 35.5 Å². The fraction of sp³-hybridized carbons (Fsp3) is 0.444. The Morgan fingerprint density at radius 3 is 2.68 bits per heavy atom. The summed E-state index contributed by atoms with van der Waals surface area (Å²) < 4.78 is 10.7. The number of piperazine rings is 1. The summed E-state index contributed by atoms with van der Waals surface area (Å²) in [4.78, 5) is 16.9. The first-order valence-electron chi connectivity index (χ1n) is 8.77. The van der Waals surface area contributed by atoms with Crippen molar-refractivity contribution < 1.29 is 14.3 Å². The molecule has 1 saturated carbocycles. The normalized spacial score (nSPS) is 19.4. The molecule has 0 unspecified atom stereocenters. The number of nitrogens with zero attached hydrogens (tertiary/aromatic N) is 3. The molecule has 1 aromatic heterocycles. The molecule has 7 nitrogen and oxygen atoms in total. The number of amides is 1. The van der Waals surface area contributed by atoms with Gasteiger partial charge in [0.1, 0.15) is 0 Å². The van der Waals surface area contributed by atoms with Crippen LogP contribution in [-0.2, 0) is 0 Å². The Hall–Kier alpha value is -2.70. The van der Waals surface area contributed by atoms with Crippen LogP contribution >= 0.6 is 0 Å². The summed E-state index contributed by atoms with van der Waals surface area (Å²) in [6, 6.07) is 7.53. The van der Waals surface area contributed by atoms with Gasteiger partial charge in [-0.3, -0.25) is 9.89 Å². The van der Waals surface area contributed by atoms with Gasteiger partial charge in [-0.25, -0.2) is 0 Å². The molecule has 1 saturated heterocycles. The molecule has 1 amide bonds. The SMILES string of the molecule is O=C(c1ccc2c(c1)OCO2)N1CCN(c2cc(C3CC3)[nH]n2)CC1. The highest BCUT2D eigenvalue weighted by Gasteiger charge is 2.28.